The predicted octanol–water partition coefficient (Wildman–Crippen LogP) is 0.932. The molecule has 3 fully saturated rings. The largest absolute Gasteiger partial charge is 0.425 e. The Balaban J connectivity index is 1.33. The Morgan fingerprint density at radius 3 is 2.23 bits per heavy atom. The zero-order valence-corrected chi connectivity index (χ0v) is 12.5. The molecule has 3 heterocycles. The fourth-order valence-corrected chi connectivity index (χ4v) is 3.27. The summed E-state index contributed by atoms with van der Waals surface area (Å²) in [5.41, 5.74) is 0. The summed E-state index contributed by atoms with van der Waals surface area (Å²) in [5, 5.41) is 11.1. The van der Waals surface area contributed by atoms with Gasteiger partial charge in [-0.2, -0.15) is 0 Å². The van der Waals surface area contributed by atoms with Crippen molar-refractivity contribution in [3.8, 4) is 0 Å². The topological polar surface area (TPSA) is 88.3 Å². The average molecular weight is 304 g/mol. The molecule has 0 spiro atoms. The van der Waals surface area contributed by atoms with Crippen molar-refractivity contribution in [2.45, 2.75) is 56.4 Å². The molecule has 0 bridgehead atoms. The van der Waals surface area contributed by atoms with Gasteiger partial charge in [-0.1, -0.05) is 0 Å². The second-order valence-corrected chi connectivity index (χ2v) is 6.51. The van der Waals surface area contributed by atoms with Crippen LogP contribution in [0.25, 0.3) is 0 Å². The third kappa shape index (κ3) is 2.60. The van der Waals surface area contributed by atoms with E-state index in [2.05, 4.69) is 15.5 Å². The number of hydrogen-bond donors (Lipinski definition) is 1. The van der Waals surface area contributed by atoms with E-state index in [1.165, 1.54) is 0 Å². The molecule has 7 heteroatoms. The van der Waals surface area contributed by atoms with Crippen molar-refractivity contribution in [1.29, 1.82) is 0 Å². The van der Waals surface area contributed by atoms with Gasteiger partial charge in [0.15, 0.2) is 0 Å². The van der Waals surface area contributed by atoms with E-state index in [0.717, 1.165) is 37.5 Å². The number of carbonyl (C=O) groups excluding carboxylic acids is 2. The number of amides is 2. The molecule has 22 heavy (non-hydrogen) atoms. The third-order valence-corrected chi connectivity index (χ3v) is 4.83. The molecule has 2 saturated heterocycles. The number of aromatic nitrogens is 2. The number of rotatable bonds is 3. The summed E-state index contributed by atoms with van der Waals surface area (Å²) in [6.07, 6.45) is 5.07. The van der Waals surface area contributed by atoms with E-state index in [1.807, 2.05) is 4.90 Å². The van der Waals surface area contributed by atoms with Crippen molar-refractivity contribution in [2.75, 3.05) is 13.1 Å². The fraction of sp³-hybridized carbons (Fsp3) is 0.733. The van der Waals surface area contributed by atoms with Gasteiger partial charge in [-0.15, -0.1) is 10.2 Å². The SMILES string of the molecule is O=C1CCC(C(=O)N2CCC(c3nnc(C4CC4)o3)CC2)N1. The van der Waals surface area contributed by atoms with E-state index in [9.17, 15) is 9.59 Å². The van der Waals surface area contributed by atoms with E-state index < -0.39 is 0 Å². The third-order valence-electron chi connectivity index (χ3n) is 4.83. The standard InChI is InChI=1S/C15H20N4O3/c20-12-4-3-11(16-12)15(21)19-7-5-10(6-8-19)14-18-17-13(22-14)9-1-2-9/h9-11H,1-8H2,(H,16,20). The summed E-state index contributed by atoms with van der Waals surface area (Å²) in [5.74, 6) is 2.27. The summed E-state index contributed by atoms with van der Waals surface area (Å²) in [7, 11) is 0. The summed E-state index contributed by atoms with van der Waals surface area (Å²) in [4.78, 5) is 25.4. The molecular weight excluding hydrogens is 284 g/mol. The van der Waals surface area contributed by atoms with Gasteiger partial charge in [0.25, 0.3) is 0 Å². The van der Waals surface area contributed by atoms with Crippen LogP contribution in [0.15, 0.2) is 4.42 Å². The molecule has 4 rings (SSSR count). The van der Waals surface area contributed by atoms with Crippen LogP contribution in [0.5, 0.6) is 0 Å². The Hall–Kier alpha value is -1.92. The Labute approximate surface area is 128 Å². The summed E-state index contributed by atoms with van der Waals surface area (Å²) < 4.78 is 5.77. The summed E-state index contributed by atoms with van der Waals surface area (Å²) >= 11 is 0. The van der Waals surface area contributed by atoms with Crippen molar-refractivity contribution in [3.63, 3.8) is 0 Å². The smallest absolute Gasteiger partial charge is 0.245 e. The molecular formula is C15H20N4O3. The van der Waals surface area contributed by atoms with Gasteiger partial charge in [0.1, 0.15) is 6.04 Å². The van der Waals surface area contributed by atoms with Crippen molar-refractivity contribution in [3.05, 3.63) is 11.8 Å². The summed E-state index contributed by atoms with van der Waals surface area (Å²) in [6, 6.07) is -0.325. The van der Waals surface area contributed by atoms with Crippen LogP contribution in [-0.4, -0.2) is 46.0 Å². The Bertz CT molecular complexity index is 587. The van der Waals surface area contributed by atoms with Crippen LogP contribution in [-0.2, 0) is 9.59 Å². The number of nitrogens with zero attached hydrogens (tertiary/aromatic N) is 3. The highest BCUT2D eigenvalue weighted by Crippen LogP contribution is 2.40. The first kappa shape index (κ1) is 13.7. The Morgan fingerprint density at radius 1 is 1.05 bits per heavy atom. The van der Waals surface area contributed by atoms with Gasteiger partial charge < -0.3 is 14.6 Å². The van der Waals surface area contributed by atoms with Gasteiger partial charge in [-0.3, -0.25) is 9.59 Å². The van der Waals surface area contributed by atoms with Gasteiger partial charge in [0, 0.05) is 31.3 Å². The quantitative estimate of drug-likeness (QED) is 0.897. The van der Waals surface area contributed by atoms with Gasteiger partial charge in [-0.25, -0.2) is 0 Å². The average Bonchev–Trinajstić information content (AvgIpc) is 3.11. The van der Waals surface area contributed by atoms with Gasteiger partial charge >= 0.3 is 0 Å². The lowest BCUT2D eigenvalue weighted by molar-refractivity contribution is -0.135. The van der Waals surface area contributed by atoms with Gasteiger partial charge in [-0.05, 0) is 32.1 Å². The second-order valence-electron chi connectivity index (χ2n) is 6.51. The monoisotopic (exact) mass is 304 g/mol. The van der Waals surface area contributed by atoms with Crippen molar-refractivity contribution < 1.29 is 14.0 Å². The highest BCUT2D eigenvalue weighted by atomic mass is 16.4. The minimum Gasteiger partial charge on any atom is -0.425 e. The molecule has 2 amide bonds. The zero-order valence-electron chi connectivity index (χ0n) is 12.5. The van der Waals surface area contributed by atoms with Crippen LogP contribution in [0.4, 0.5) is 0 Å². The van der Waals surface area contributed by atoms with E-state index in [0.29, 0.717) is 31.8 Å². The highest BCUT2D eigenvalue weighted by molar-refractivity contribution is 5.90. The van der Waals surface area contributed by atoms with E-state index in [1.54, 1.807) is 0 Å². The lowest BCUT2D eigenvalue weighted by Crippen LogP contribution is -2.47. The van der Waals surface area contributed by atoms with Crippen LogP contribution >= 0.6 is 0 Å². The van der Waals surface area contributed by atoms with Crippen molar-refractivity contribution in [2.24, 2.45) is 0 Å². The van der Waals surface area contributed by atoms with Crippen LogP contribution in [0.2, 0.25) is 0 Å². The molecule has 3 aliphatic rings. The first-order chi connectivity index (χ1) is 10.7. The molecule has 1 N–H and O–H groups in total. The van der Waals surface area contributed by atoms with Crippen LogP contribution in [0.3, 0.4) is 0 Å². The number of nitrogens with one attached hydrogen (secondary N) is 1. The molecule has 1 unspecified atom stereocenters. The number of piperidine rings is 1. The molecule has 118 valence electrons. The maximum absolute atomic E-state index is 12.4. The van der Waals surface area contributed by atoms with E-state index in [-0.39, 0.29) is 23.8 Å². The van der Waals surface area contributed by atoms with Crippen LogP contribution in [0, 0.1) is 0 Å². The molecule has 1 saturated carbocycles. The molecule has 2 aliphatic heterocycles. The van der Waals surface area contributed by atoms with Gasteiger partial charge in [0.2, 0.25) is 23.6 Å². The first-order valence-corrected chi connectivity index (χ1v) is 8.12. The first-order valence-electron chi connectivity index (χ1n) is 8.12. The van der Waals surface area contributed by atoms with E-state index >= 15 is 0 Å². The molecule has 1 aromatic heterocycles. The van der Waals surface area contributed by atoms with Gasteiger partial charge in [0.05, 0.1) is 0 Å². The number of likely N-dealkylation sites (tertiary alicyclic amines) is 1. The maximum Gasteiger partial charge on any atom is 0.245 e. The minimum atomic E-state index is -0.325. The zero-order chi connectivity index (χ0) is 15.1. The maximum atomic E-state index is 12.4. The Kier molecular flexibility index (Phi) is 3.35. The Morgan fingerprint density at radius 2 is 1.68 bits per heavy atom. The number of carbonyl (C=O) groups is 2. The lowest BCUT2D eigenvalue weighted by atomic mass is 9.96. The molecule has 7 nitrogen and oxygen atoms in total. The van der Waals surface area contributed by atoms with Crippen LogP contribution < -0.4 is 5.32 Å². The molecule has 1 atom stereocenters. The normalized spacial score (nSPS) is 26.3. The predicted molar refractivity (Wildman–Crippen MR) is 76.0 cm³/mol. The van der Waals surface area contributed by atoms with Crippen LogP contribution in [0.1, 0.15) is 62.1 Å². The second kappa shape index (κ2) is 5.37. The molecule has 1 aliphatic carbocycles. The number of hydrogen-bond acceptors (Lipinski definition) is 5. The summed E-state index contributed by atoms with van der Waals surface area (Å²) in [6.45, 7) is 1.38. The fourth-order valence-electron chi connectivity index (χ4n) is 3.27. The molecule has 1 aromatic rings. The minimum absolute atomic E-state index is 0.0216. The highest BCUT2D eigenvalue weighted by Gasteiger charge is 2.35. The van der Waals surface area contributed by atoms with Crippen molar-refractivity contribution >= 4 is 11.8 Å². The molecule has 0 radical (unpaired) electrons. The lowest BCUT2D eigenvalue weighted by Gasteiger charge is -2.32. The van der Waals surface area contributed by atoms with E-state index in [4.69, 9.17) is 4.42 Å². The molecule has 0 aromatic carbocycles. The van der Waals surface area contributed by atoms with Crippen molar-refractivity contribution in [1.82, 2.24) is 20.4 Å².